The van der Waals surface area contributed by atoms with Gasteiger partial charge >= 0.3 is 0 Å². The highest BCUT2D eigenvalue weighted by Gasteiger charge is 2.34. The van der Waals surface area contributed by atoms with Crippen LogP contribution in [0.4, 0.5) is 0 Å². The molecule has 2 fully saturated rings. The SMILES string of the molecule is O=C(NC1CC1)[C@@H]1CCCN(S(=O)(=O)Cc2ccc(Cl)cc2)C1. The number of carbonyl (C=O) groups excluding carboxylic acids is 1. The maximum absolute atomic E-state index is 12.6. The summed E-state index contributed by atoms with van der Waals surface area (Å²) in [5.74, 6) is -0.288. The number of benzene rings is 1. The lowest BCUT2D eigenvalue weighted by molar-refractivity contribution is -0.126. The van der Waals surface area contributed by atoms with Crippen LogP contribution in [0.1, 0.15) is 31.2 Å². The quantitative estimate of drug-likeness (QED) is 0.879. The Morgan fingerprint density at radius 2 is 1.91 bits per heavy atom. The van der Waals surface area contributed by atoms with Gasteiger partial charge in [0.2, 0.25) is 15.9 Å². The molecule has 126 valence electrons. The summed E-state index contributed by atoms with van der Waals surface area (Å²) in [6.45, 7) is 0.775. The van der Waals surface area contributed by atoms with E-state index in [1.54, 1.807) is 24.3 Å². The average molecular weight is 357 g/mol. The minimum atomic E-state index is -3.42. The highest BCUT2D eigenvalue weighted by atomic mass is 35.5. The van der Waals surface area contributed by atoms with E-state index in [4.69, 9.17) is 11.6 Å². The third-order valence-electron chi connectivity index (χ3n) is 4.33. The summed E-state index contributed by atoms with van der Waals surface area (Å²) in [7, 11) is -3.42. The number of rotatable bonds is 5. The number of nitrogens with one attached hydrogen (secondary N) is 1. The fourth-order valence-electron chi connectivity index (χ4n) is 2.84. The topological polar surface area (TPSA) is 66.5 Å². The van der Waals surface area contributed by atoms with E-state index in [9.17, 15) is 13.2 Å². The summed E-state index contributed by atoms with van der Waals surface area (Å²) in [5.41, 5.74) is 0.707. The molecule has 2 aliphatic rings. The van der Waals surface area contributed by atoms with Gasteiger partial charge in [0.1, 0.15) is 0 Å². The van der Waals surface area contributed by atoms with Crippen molar-refractivity contribution in [3.8, 4) is 0 Å². The first-order chi connectivity index (χ1) is 10.9. The molecule has 23 heavy (non-hydrogen) atoms. The first-order valence-corrected chi connectivity index (χ1v) is 9.95. The lowest BCUT2D eigenvalue weighted by atomic mass is 9.99. The lowest BCUT2D eigenvalue weighted by Gasteiger charge is -2.31. The maximum Gasteiger partial charge on any atom is 0.224 e. The normalized spacial score (nSPS) is 22.7. The third kappa shape index (κ3) is 4.46. The maximum atomic E-state index is 12.6. The number of hydrogen-bond acceptors (Lipinski definition) is 3. The number of hydrogen-bond donors (Lipinski definition) is 1. The molecule has 5 nitrogen and oxygen atoms in total. The Morgan fingerprint density at radius 3 is 2.57 bits per heavy atom. The van der Waals surface area contributed by atoms with Crippen LogP contribution in [0.25, 0.3) is 0 Å². The molecule has 1 aliphatic heterocycles. The Morgan fingerprint density at radius 1 is 1.22 bits per heavy atom. The molecule has 0 aromatic heterocycles. The zero-order valence-corrected chi connectivity index (χ0v) is 14.4. The Kier molecular flexibility index (Phi) is 4.94. The molecule has 3 rings (SSSR count). The van der Waals surface area contributed by atoms with Gasteiger partial charge in [-0.25, -0.2) is 12.7 Å². The predicted molar refractivity (Wildman–Crippen MR) is 89.5 cm³/mol. The number of amides is 1. The van der Waals surface area contributed by atoms with Crippen molar-refractivity contribution in [3.63, 3.8) is 0 Å². The van der Waals surface area contributed by atoms with E-state index in [1.807, 2.05) is 0 Å². The minimum Gasteiger partial charge on any atom is -0.353 e. The number of sulfonamides is 1. The number of carbonyl (C=O) groups is 1. The van der Waals surface area contributed by atoms with Gasteiger partial charge in [-0.2, -0.15) is 0 Å². The van der Waals surface area contributed by atoms with E-state index >= 15 is 0 Å². The van der Waals surface area contributed by atoms with E-state index in [0.717, 1.165) is 25.7 Å². The zero-order chi connectivity index (χ0) is 16.4. The van der Waals surface area contributed by atoms with E-state index in [-0.39, 0.29) is 24.1 Å². The summed E-state index contributed by atoms with van der Waals surface area (Å²) in [6, 6.07) is 7.13. The van der Waals surface area contributed by atoms with Crippen LogP contribution >= 0.6 is 11.6 Å². The molecule has 0 spiro atoms. The van der Waals surface area contributed by atoms with Crippen molar-refractivity contribution >= 4 is 27.5 Å². The summed E-state index contributed by atoms with van der Waals surface area (Å²) in [5, 5.41) is 3.56. The molecule has 1 amide bonds. The minimum absolute atomic E-state index is 0.00103. The van der Waals surface area contributed by atoms with Gasteiger partial charge in [-0.1, -0.05) is 23.7 Å². The lowest BCUT2D eigenvalue weighted by Crippen LogP contribution is -2.46. The summed E-state index contributed by atoms with van der Waals surface area (Å²) < 4.78 is 26.7. The van der Waals surface area contributed by atoms with Gasteiger partial charge in [0.25, 0.3) is 0 Å². The Labute approximate surface area is 142 Å². The monoisotopic (exact) mass is 356 g/mol. The van der Waals surface area contributed by atoms with Gasteiger partial charge < -0.3 is 5.32 Å². The average Bonchev–Trinajstić information content (AvgIpc) is 3.33. The smallest absolute Gasteiger partial charge is 0.224 e. The van der Waals surface area contributed by atoms with Crippen molar-refractivity contribution in [3.05, 3.63) is 34.9 Å². The highest BCUT2D eigenvalue weighted by molar-refractivity contribution is 7.88. The second-order valence-corrected chi connectivity index (χ2v) is 8.77. The molecule has 1 atom stereocenters. The summed E-state index contributed by atoms with van der Waals surface area (Å²) >= 11 is 5.83. The molecule has 1 aliphatic carbocycles. The second-order valence-electron chi connectivity index (χ2n) is 6.36. The Bertz CT molecular complexity index is 671. The molecule has 0 unspecified atom stereocenters. The molecule has 1 N–H and O–H groups in total. The van der Waals surface area contributed by atoms with Crippen molar-refractivity contribution in [2.45, 2.75) is 37.5 Å². The largest absolute Gasteiger partial charge is 0.353 e. The summed E-state index contributed by atoms with van der Waals surface area (Å²) in [4.78, 5) is 12.2. The molecule has 1 saturated heterocycles. The van der Waals surface area contributed by atoms with Crippen molar-refractivity contribution in [1.82, 2.24) is 9.62 Å². The van der Waals surface area contributed by atoms with Crippen molar-refractivity contribution in [2.24, 2.45) is 5.92 Å². The van der Waals surface area contributed by atoms with Crippen LogP contribution in [0.15, 0.2) is 24.3 Å². The van der Waals surface area contributed by atoms with Crippen LogP contribution in [0.3, 0.4) is 0 Å². The molecule has 0 bridgehead atoms. The predicted octanol–water partition coefficient (Wildman–Crippen LogP) is 2.16. The molecule has 1 aromatic rings. The molecule has 1 heterocycles. The molecular weight excluding hydrogens is 336 g/mol. The number of nitrogens with zero attached hydrogens (tertiary/aromatic N) is 1. The van der Waals surface area contributed by atoms with Crippen LogP contribution in [0, 0.1) is 5.92 Å². The molecular formula is C16H21ClN2O3S. The van der Waals surface area contributed by atoms with Crippen LogP contribution in [0.2, 0.25) is 5.02 Å². The molecule has 7 heteroatoms. The van der Waals surface area contributed by atoms with Crippen LogP contribution in [0.5, 0.6) is 0 Å². The second kappa shape index (κ2) is 6.79. The van der Waals surface area contributed by atoms with E-state index in [0.29, 0.717) is 23.2 Å². The van der Waals surface area contributed by atoms with Gasteiger partial charge in [0, 0.05) is 24.2 Å². The fraction of sp³-hybridized carbons (Fsp3) is 0.562. The molecule has 1 aromatic carbocycles. The third-order valence-corrected chi connectivity index (χ3v) is 6.40. The van der Waals surface area contributed by atoms with Gasteiger partial charge in [0.05, 0.1) is 11.7 Å². The molecule has 1 saturated carbocycles. The first-order valence-electron chi connectivity index (χ1n) is 7.97. The van der Waals surface area contributed by atoms with Gasteiger partial charge in [0.15, 0.2) is 0 Å². The Balaban J connectivity index is 1.64. The summed E-state index contributed by atoms with van der Waals surface area (Å²) in [6.07, 6.45) is 3.56. The van der Waals surface area contributed by atoms with E-state index in [2.05, 4.69) is 5.32 Å². The first kappa shape index (κ1) is 16.7. The van der Waals surface area contributed by atoms with E-state index in [1.165, 1.54) is 4.31 Å². The van der Waals surface area contributed by atoms with Crippen LogP contribution < -0.4 is 5.32 Å². The van der Waals surface area contributed by atoms with E-state index < -0.39 is 10.0 Å². The van der Waals surface area contributed by atoms with Crippen LogP contribution in [-0.4, -0.2) is 37.8 Å². The highest BCUT2D eigenvalue weighted by Crippen LogP contribution is 2.24. The van der Waals surface area contributed by atoms with Crippen molar-refractivity contribution < 1.29 is 13.2 Å². The number of halogens is 1. The van der Waals surface area contributed by atoms with Crippen molar-refractivity contribution in [2.75, 3.05) is 13.1 Å². The molecule has 0 radical (unpaired) electrons. The standard InChI is InChI=1S/C16H21ClN2O3S/c17-14-5-3-12(4-6-14)11-23(21,22)19-9-1-2-13(10-19)16(20)18-15-7-8-15/h3-6,13,15H,1-2,7-11H2,(H,18,20)/t13-/m1/s1. The van der Waals surface area contributed by atoms with Gasteiger partial charge in [-0.05, 0) is 43.4 Å². The van der Waals surface area contributed by atoms with Crippen molar-refractivity contribution in [1.29, 1.82) is 0 Å². The van der Waals surface area contributed by atoms with Gasteiger partial charge in [-0.3, -0.25) is 4.79 Å². The number of piperidine rings is 1. The Hall–Kier alpha value is -1.11. The van der Waals surface area contributed by atoms with Gasteiger partial charge in [-0.15, -0.1) is 0 Å². The fourth-order valence-corrected chi connectivity index (χ4v) is 4.57. The van der Waals surface area contributed by atoms with Crippen LogP contribution in [-0.2, 0) is 20.6 Å². The zero-order valence-electron chi connectivity index (χ0n) is 12.9.